The normalized spacial score (nSPS) is 11.3. The number of hydrogen-bond acceptors (Lipinski definition) is 5. The Labute approximate surface area is 213 Å². The van der Waals surface area contributed by atoms with Crippen molar-refractivity contribution in [1.29, 1.82) is 0 Å². The fraction of sp³-hybridized carbons (Fsp3) is 0.700. The highest BCUT2D eigenvalue weighted by atomic mass is 16.5. The van der Waals surface area contributed by atoms with E-state index in [1.165, 1.54) is 116 Å². The highest BCUT2D eigenvalue weighted by Gasteiger charge is 2.02. The SMILES string of the molecule is COc1cc(/C=C/C(=O)OCCCCCCCCCCCCCCCCCCCCO)ccc1O. The fourth-order valence-electron chi connectivity index (χ4n) is 4.23. The number of aromatic hydroxyl groups is 1. The molecule has 0 aliphatic rings. The van der Waals surface area contributed by atoms with E-state index in [1.807, 2.05) is 0 Å². The molecule has 1 aromatic carbocycles. The van der Waals surface area contributed by atoms with Gasteiger partial charge in [-0.3, -0.25) is 0 Å². The molecular weight excluding hydrogens is 440 g/mol. The summed E-state index contributed by atoms with van der Waals surface area (Å²) in [5.41, 5.74) is 0.772. The maximum absolute atomic E-state index is 11.8. The summed E-state index contributed by atoms with van der Waals surface area (Å²) in [6.07, 6.45) is 26.0. The van der Waals surface area contributed by atoms with Crippen molar-refractivity contribution in [2.45, 2.75) is 116 Å². The summed E-state index contributed by atoms with van der Waals surface area (Å²) >= 11 is 0. The van der Waals surface area contributed by atoms with Gasteiger partial charge in [0.05, 0.1) is 13.7 Å². The summed E-state index contributed by atoms with van der Waals surface area (Å²) in [4.78, 5) is 11.8. The molecule has 0 radical (unpaired) electrons. The van der Waals surface area contributed by atoms with Crippen molar-refractivity contribution in [3.05, 3.63) is 29.8 Å². The van der Waals surface area contributed by atoms with Crippen LogP contribution < -0.4 is 4.74 Å². The van der Waals surface area contributed by atoms with Gasteiger partial charge in [-0.05, 0) is 36.6 Å². The quantitative estimate of drug-likeness (QED) is 0.0924. The first kappa shape index (κ1) is 31.0. The third-order valence-corrected chi connectivity index (χ3v) is 6.41. The van der Waals surface area contributed by atoms with Gasteiger partial charge in [0.1, 0.15) is 0 Å². The lowest BCUT2D eigenvalue weighted by atomic mass is 10.0. The zero-order chi connectivity index (χ0) is 25.4. The molecule has 0 saturated carbocycles. The molecule has 1 aromatic rings. The number of esters is 1. The molecule has 5 heteroatoms. The molecule has 0 bridgehead atoms. The van der Waals surface area contributed by atoms with E-state index in [-0.39, 0.29) is 11.7 Å². The standard InChI is InChI=1S/C30H50O5/c1-34-29-26-27(20-22-28(29)32)21-23-30(33)35-25-19-17-15-13-11-9-7-5-3-2-4-6-8-10-12-14-16-18-24-31/h20-23,26,31-32H,2-19,24-25H2,1H3/b23-21+. The second-order valence-electron chi connectivity index (χ2n) is 9.52. The number of carbonyl (C=O) groups excluding carboxylic acids is 1. The van der Waals surface area contributed by atoms with Crippen LogP contribution >= 0.6 is 0 Å². The van der Waals surface area contributed by atoms with Crippen LogP contribution in [0.2, 0.25) is 0 Å². The highest BCUT2D eigenvalue weighted by Crippen LogP contribution is 2.26. The maximum Gasteiger partial charge on any atom is 0.330 e. The van der Waals surface area contributed by atoms with Gasteiger partial charge in [-0.15, -0.1) is 0 Å². The molecule has 0 atom stereocenters. The summed E-state index contributed by atoms with van der Waals surface area (Å²) in [5.74, 6) is 0.113. The van der Waals surface area contributed by atoms with Crippen LogP contribution in [0.15, 0.2) is 24.3 Å². The number of hydrogen-bond donors (Lipinski definition) is 2. The van der Waals surface area contributed by atoms with Crippen molar-refractivity contribution in [2.75, 3.05) is 20.3 Å². The van der Waals surface area contributed by atoms with Crippen LogP contribution in [0, 0.1) is 0 Å². The first-order chi connectivity index (χ1) is 17.2. The van der Waals surface area contributed by atoms with Gasteiger partial charge < -0.3 is 19.7 Å². The van der Waals surface area contributed by atoms with Crippen LogP contribution in [0.1, 0.15) is 121 Å². The number of unbranched alkanes of at least 4 members (excludes halogenated alkanes) is 17. The van der Waals surface area contributed by atoms with Gasteiger partial charge in [-0.2, -0.15) is 0 Å². The Morgan fingerprint density at radius 3 is 1.66 bits per heavy atom. The molecule has 0 aliphatic heterocycles. The molecule has 2 N–H and O–H groups in total. The Bertz CT molecular complexity index is 671. The minimum Gasteiger partial charge on any atom is -0.504 e. The summed E-state index contributed by atoms with van der Waals surface area (Å²) in [5, 5.41) is 18.4. The number of aliphatic hydroxyl groups excluding tert-OH is 1. The smallest absolute Gasteiger partial charge is 0.330 e. The van der Waals surface area contributed by atoms with E-state index in [2.05, 4.69) is 0 Å². The molecule has 1 rings (SSSR count). The molecule has 0 amide bonds. The third-order valence-electron chi connectivity index (χ3n) is 6.41. The average Bonchev–Trinajstić information content (AvgIpc) is 2.87. The Morgan fingerprint density at radius 1 is 0.743 bits per heavy atom. The Balaban J connectivity index is 1.83. The van der Waals surface area contributed by atoms with Crippen LogP contribution in [0.5, 0.6) is 11.5 Å². The van der Waals surface area contributed by atoms with Crippen molar-refractivity contribution >= 4 is 12.0 Å². The monoisotopic (exact) mass is 490 g/mol. The lowest BCUT2D eigenvalue weighted by molar-refractivity contribution is -0.137. The van der Waals surface area contributed by atoms with E-state index in [1.54, 1.807) is 18.2 Å². The van der Waals surface area contributed by atoms with Crippen LogP contribution in [0.25, 0.3) is 6.08 Å². The summed E-state index contributed by atoms with van der Waals surface area (Å²) in [7, 11) is 1.49. The number of phenolic OH excluding ortho intramolecular Hbond substituents is 1. The second-order valence-corrected chi connectivity index (χ2v) is 9.52. The predicted molar refractivity (Wildman–Crippen MR) is 145 cm³/mol. The van der Waals surface area contributed by atoms with Crippen molar-refractivity contribution in [3.63, 3.8) is 0 Å². The Morgan fingerprint density at radius 2 is 1.20 bits per heavy atom. The van der Waals surface area contributed by atoms with E-state index in [0.29, 0.717) is 19.0 Å². The molecule has 5 nitrogen and oxygen atoms in total. The molecule has 0 spiro atoms. The first-order valence-electron chi connectivity index (χ1n) is 14.0. The summed E-state index contributed by atoms with van der Waals surface area (Å²) < 4.78 is 10.3. The molecule has 35 heavy (non-hydrogen) atoms. The number of aliphatic hydroxyl groups is 1. The van der Waals surface area contributed by atoms with E-state index in [0.717, 1.165) is 24.8 Å². The second kappa shape index (κ2) is 22.5. The molecule has 0 saturated heterocycles. The van der Waals surface area contributed by atoms with Crippen molar-refractivity contribution < 1.29 is 24.5 Å². The average molecular weight is 491 g/mol. The number of methoxy groups -OCH3 is 1. The lowest BCUT2D eigenvalue weighted by Gasteiger charge is -2.05. The van der Waals surface area contributed by atoms with E-state index >= 15 is 0 Å². The fourth-order valence-corrected chi connectivity index (χ4v) is 4.23. The van der Waals surface area contributed by atoms with Gasteiger partial charge in [0.25, 0.3) is 0 Å². The number of rotatable bonds is 23. The maximum atomic E-state index is 11.8. The van der Waals surface area contributed by atoms with Crippen molar-refractivity contribution in [1.82, 2.24) is 0 Å². The van der Waals surface area contributed by atoms with E-state index in [4.69, 9.17) is 14.6 Å². The van der Waals surface area contributed by atoms with Gasteiger partial charge in [0.15, 0.2) is 11.5 Å². The molecule has 0 heterocycles. The number of phenols is 1. The van der Waals surface area contributed by atoms with Gasteiger partial charge in [0, 0.05) is 12.7 Å². The van der Waals surface area contributed by atoms with Crippen LogP contribution in [-0.2, 0) is 9.53 Å². The summed E-state index contributed by atoms with van der Waals surface area (Å²) in [6.45, 7) is 0.811. The molecule has 0 aliphatic carbocycles. The van der Waals surface area contributed by atoms with Crippen LogP contribution in [-0.4, -0.2) is 36.5 Å². The molecule has 0 aromatic heterocycles. The van der Waals surface area contributed by atoms with Crippen molar-refractivity contribution in [2.24, 2.45) is 0 Å². The van der Waals surface area contributed by atoms with E-state index in [9.17, 15) is 9.90 Å². The first-order valence-corrected chi connectivity index (χ1v) is 14.0. The van der Waals surface area contributed by atoms with Crippen LogP contribution in [0.4, 0.5) is 0 Å². The molecule has 0 unspecified atom stereocenters. The summed E-state index contributed by atoms with van der Waals surface area (Å²) in [6, 6.07) is 4.93. The van der Waals surface area contributed by atoms with Gasteiger partial charge in [-0.25, -0.2) is 4.79 Å². The highest BCUT2D eigenvalue weighted by molar-refractivity contribution is 5.87. The van der Waals surface area contributed by atoms with Crippen molar-refractivity contribution in [3.8, 4) is 11.5 Å². The van der Waals surface area contributed by atoms with Gasteiger partial charge >= 0.3 is 5.97 Å². The van der Waals surface area contributed by atoms with Gasteiger partial charge in [-0.1, -0.05) is 109 Å². The number of carbonyl (C=O) groups is 1. The minimum atomic E-state index is -0.341. The Kier molecular flexibility index (Phi) is 19.9. The van der Waals surface area contributed by atoms with E-state index < -0.39 is 0 Å². The van der Waals surface area contributed by atoms with Gasteiger partial charge in [0.2, 0.25) is 0 Å². The zero-order valence-electron chi connectivity index (χ0n) is 22.1. The molecule has 0 fully saturated rings. The topological polar surface area (TPSA) is 76.0 Å². The third kappa shape index (κ3) is 18.0. The zero-order valence-corrected chi connectivity index (χ0v) is 22.1. The lowest BCUT2D eigenvalue weighted by Crippen LogP contribution is -2.02. The molecule has 200 valence electrons. The minimum absolute atomic E-state index is 0.0754. The predicted octanol–water partition coefficient (Wildman–Crippen LogP) is 7.97. The largest absolute Gasteiger partial charge is 0.504 e. The molecular formula is C30H50O5. The number of ether oxygens (including phenoxy) is 2. The Hall–Kier alpha value is -2.01. The van der Waals surface area contributed by atoms with Crippen LogP contribution in [0.3, 0.4) is 0 Å². The number of benzene rings is 1.